The first-order valence-electron chi connectivity index (χ1n) is 12.4. The topological polar surface area (TPSA) is 105 Å². The minimum atomic E-state index is -4.24. The van der Waals surface area contributed by atoms with E-state index in [1.165, 1.54) is 44.4 Å². The van der Waals surface area contributed by atoms with Crippen LogP contribution in [0, 0.1) is 13.8 Å². The van der Waals surface area contributed by atoms with Gasteiger partial charge in [-0.15, -0.1) is 0 Å². The molecule has 208 valence electrons. The summed E-state index contributed by atoms with van der Waals surface area (Å²) in [6, 6.07) is 17.7. The lowest BCUT2D eigenvalue weighted by atomic mass is 10.1. The molecule has 0 fully saturated rings. The number of carbonyl (C=O) groups excluding carboxylic acids is 2. The van der Waals surface area contributed by atoms with Gasteiger partial charge in [-0.3, -0.25) is 13.9 Å². The highest BCUT2D eigenvalue weighted by molar-refractivity contribution is 7.92. The lowest BCUT2D eigenvalue weighted by molar-refractivity contribution is -0.139. The first-order chi connectivity index (χ1) is 18.5. The lowest BCUT2D eigenvalue weighted by Crippen LogP contribution is -2.50. The number of sulfonamides is 1. The molecule has 0 spiro atoms. The number of nitrogens with zero attached hydrogens (tertiary/aromatic N) is 2. The molecule has 0 heterocycles. The Labute approximate surface area is 230 Å². The molecule has 2 amide bonds. The number of anilines is 1. The van der Waals surface area contributed by atoms with Crippen LogP contribution in [-0.4, -0.2) is 59.0 Å². The summed E-state index contributed by atoms with van der Waals surface area (Å²) in [6.07, 6.45) is 0. The third-order valence-corrected chi connectivity index (χ3v) is 8.33. The number of likely N-dealkylation sites (N-methyl/N-ethyl adjacent to an activating group) is 1. The third kappa shape index (κ3) is 6.69. The predicted octanol–water partition coefficient (Wildman–Crippen LogP) is 3.68. The highest BCUT2D eigenvalue weighted by Crippen LogP contribution is 2.36. The number of rotatable bonds is 11. The first kappa shape index (κ1) is 29.5. The molecule has 0 saturated heterocycles. The summed E-state index contributed by atoms with van der Waals surface area (Å²) in [6.45, 7) is 4.92. The van der Waals surface area contributed by atoms with Crippen molar-refractivity contribution in [1.29, 1.82) is 0 Å². The first-order valence-corrected chi connectivity index (χ1v) is 13.8. The van der Waals surface area contributed by atoms with Crippen molar-refractivity contribution in [3.05, 3.63) is 83.4 Å². The van der Waals surface area contributed by atoms with Gasteiger partial charge in [0.1, 0.15) is 24.1 Å². The van der Waals surface area contributed by atoms with Gasteiger partial charge >= 0.3 is 0 Å². The summed E-state index contributed by atoms with van der Waals surface area (Å²) in [5, 5.41) is 2.58. The molecule has 1 N–H and O–H groups in total. The summed E-state index contributed by atoms with van der Waals surface area (Å²) in [7, 11) is 0.132. The van der Waals surface area contributed by atoms with E-state index in [0.717, 1.165) is 21.0 Å². The summed E-state index contributed by atoms with van der Waals surface area (Å²) < 4.78 is 39.9. The van der Waals surface area contributed by atoms with Gasteiger partial charge in [0.15, 0.2) is 0 Å². The summed E-state index contributed by atoms with van der Waals surface area (Å²) in [4.78, 5) is 28.0. The Kier molecular flexibility index (Phi) is 9.58. The van der Waals surface area contributed by atoms with Gasteiger partial charge < -0.3 is 19.7 Å². The SMILES string of the molecule is CNC(=O)[C@@H](C)N(Cc1ccccc1C)C(=O)CN(c1cc(OC)ccc1OC)S(=O)(=O)c1ccc(C)cc1. The largest absolute Gasteiger partial charge is 0.497 e. The Hall–Kier alpha value is -4.05. The maximum absolute atomic E-state index is 14.0. The Morgan fingerprint density at radius 1 is 0.949 bits per heavy atom. The van der Waals surface area contributed by atoms with E-state index in [9.17, 15) is 18.0 Å². The smallest absolute Gasteiger partial charge is 0.264 e. The van der Waals surface area contributed by atoms with Crippen LogP contribution in [0.2, 0.25) is 0 Å². The number of hydrogen-bond acceptors (Lipinski definition) is 6. The molecular weight excluding hydrogens is 518 g/mol. The van der Waals surface area contributed by atoms with E-state index in [0.29, 0.717) is 5.75 Å². The number of ether oxygens (including phenoxy) is 2. The fourth-order valence-electron chi connectivity index (χ4n) is 4.10. The quantitative estimate of drug-likeness (QED) is 0.389. The van der Waals surface area contributed by atoms with Crippen molar-refractivity contribution in [3.63, 3.8) is 0 Å². The number of benzene rings is 3. The molecule has 0 aromatic heterocycles. The Morgan fingerprint density at radius 2 is 1.62 bits per heavy atom. The highest BCUT2D eigenvalue weighted by Gasteiger charge is 2.34. The van der Waals surface area contributed by atoms with Gasteiger partial charge in [0, 0.05) is 19.7 Å². The van der Waals surface area contributed by atoms with Gasteiger partial charge in [-0.1, -0.05) is 42.0 Å². The monoisotopic (exact) mass is 553 g/mol. The van der Waals surface area contributed by atoms with Gasteiger partial charge in [-0.05, 0) is 56.2 Å². The molecule has 0 unspecified atom stereocenters. The number of methoxy groups -OCH3 is 2. The number of aryl methyl sites for hydroxylation is 2. The maximum Gasteiger partial charge on any atom is 0.264 e. The van der Waals surface area contributed by atoms with Crippen LogP contribution in [-0.2, 0) is 26.2 Å². The molecule has 0 saturated carbocycles. The highest BCUT2D eigenvalue weighted by atomic mass is 32.2. The van der Waals surface area contributed by atoms with Gasteiger partial charge in [0.25, 0.3) is 10.0 Å². The van der Waals surface area contributed by atoms with Crippen molar-refractivity contribution >= 4 is 27.5 Å². The molecule has 3 rings (SSSR count). The maximum atomic E-state index is 14.0. The van der Waals surface area contributed by atoms with E-state index >= 15 is 0 Å². The van der Waals surface area contributed by atoms with Gasteiger partial charge in [0.05, 0.1) is 24.8 Å². The molecule has 0 aliphatic carbocycles. The fourth-order valence-corrected chi connectivity index (χ4v) is 5.52. The van der Waals surface area contributed by atoms with Gasteiger partial charge in [-0.25, -0.2) is 8.42 Å². The van der Waals surface area contributed by atoms with E-state index in [4.69, 9.17) is 9.47 Å². The fraction of sp³-hybridized carbons (Fsp3) is 0.310. The van der Waals surface area contributed by atoms with E-state index in [1.54, 1.807) is 31.2 Å². The van der Waals surface area contributed by atoms with E-state index in [1.807, 2.05) is 38.1 Å². The summed E-state index contributed by atoms with van der Waals surface area (Å²) in [5.41, 5.74) is 2.81. The van der Waals surface area contributed by atoms with Crippen LogP contribution < -0.4 is 19.1 Å². The normalized spacial score (nSPS) is 11.8. The van der Waals surface area contributed by atoms with Crippen LogP contribution in [0.3, 0.4) is 0 Å². The van der Waals surface area contributed by atoms with Crippen LogP contribution in [0.1, 0.15) is 23.6 Å². The number of nitrogens with one attached hydrogen (secondary N) is 1. The van der Waals surface area contributed by atoms with E-state index in [-0.39, 0.29) is 28.8 Å². The van der Waals surface area contributed by atoms with Crippen molar-refractivity contribution in [1.82, 2.24) is 10.2 Å². The van der Waals surface area contributed by atoms with Crippen LogP contribution in [0.25, 0.3) is 0 Å². The second-order valence-corrected chi connectivity index (χ2v) is 11.0. The zero-order valence-corrected chi connectivity index (χ0v) is 23.9. The molecule has 9 nitrogen and oxygen atoms in total. The molecule has 3 aromatic rings. The van der Waals surface area contributed by atoms with Crippen LogP contribution in [0.5, 0.6) is 11.5 Å². The lowest BCUT2D eigenvalue weighted by Gasteiger charge is -2.32. The molecule has 0 aliphatic rings. The third-order valence-electron chi connectivity index (χ3n) is 6.56. The average molecular weight is 554 g/mol. The van der Waals surface area contributed by atoms with Gasteiger partial charge in [0.2, 0.25) is 11.8 Å². The van der Waals surface area contributed by atoms with Crippen molar-refractivity contribution in [2.24, 2.45) is 0 Å². The van der Waals surface area contributed by atoms with Crippen molar-refractivity contribution in [2.45, 2.75) is 38.3 Å². The molecule has 10 heteroatoms. The van der Waals surface area contributed by atoms with Crippen molar-refractivity contribution in [3.8, 4) is 11.5 Å². The molecule has 39 heavy (non-hydrogen) atoms. The minimum absolute atomic E-state index is 0.00979. The minimum Gasteiger partial charge on any atom is -0.497 e. The Bertz CT molecular complexity index is 1420. The van der Waals surface area contributed by atoms with Crippen LogP contribution in [0.15, 0.2) is 71.6 Å². The van der Waals surface area contributed by atoms with Gasteiger partial charge in [-0.2, -0.15) is 0 Å². The Morgan fingerprint density at radius 3 is 2.21 bits per heavy atom. The molecule has 1 atom stereocenters. The second kappa shape index (κ2) is 12.7. The predicted molar refractivity (Wildman–Crippen MR) is 151 cm³/mol. The average Bonchev–Trinajstić information content (AvgIpc) is 2.94. The molecule has 0 radical (unpaired) electrons. The summed E-state index contributed by atoms with van der Waals surface area (Å²) in [5.74, 6) is -0.305. The number of hydrogen-bond donors (Lipinski definition) is 1. The van der Waals surface area contributed by atoms with Crippen LogP contribution >= 0.6 is 0 Å². The zero-order chi connectivity index (χ0) is 28.7. The summed E-state index contributed by atoms with van der Waals surface area (Å²) >= 11 is 0. The number of carbonyl (C=O) groups is 2. The Balaban J connectivity index is 2.14. The van der Waals surface area contributed by atoms with Crippen molar-refractivity contribution in [2.75, 3.05) is 32.1 Å². The second-order valence-electron chi connectivity index (χ2n) is 9.10. The van der Waals surface area contributed by atoms with Crippen LogP contribution in [0.4, 0.5) is 5.69 Å². The van der Waals surface area contributed by atoms with Crippen molar-refractivity contribution < 1.29 is 27.5 Å². The van der Waals surface area contributed by atoms with E-state index in [2.05, 4.69) is 5.32 Å². The molecule has 0 aliphatic heterocycles. The molecule has 0 bridgehead atoms. The zero-order valence-electron chi connectivity index (χ0n) is 23.1. The molecule has 3 aromatic carbocycles. The molecular formula is C29H35N3O6S. The van der Waals surface area contributed by atoms with E-state index < -0.39 is 28.5 Å². The number of amides is 2. The standard InChI is InChI=1S/C29H35N3O6S/c1-20-11-14-25(15-12-20)39(35,36)32(26-17-24(37-5)13-16-27(26)38-6)19-28(33)31(22(3)29(34)30-4)18-23-10-8-7-9-21(23)2/h7-17,22H,18-19H2,1-6H3,(H,30,34)/t22-/m1/s1.